The van der Waals surface area contributed by atoms with E-state index in [1.807, 2.05) is 0 Å². The smallest absolute Gasteiger partial charge is 0.257 e. The molecule has 2 aliphatic rings. The van der Waals surface area contributed by atoms with Crippen molar-refractivity contribution < 1.29 is 14.6 Å². The monoisotopic (exact) mass is 251 g/mol. The van der Waals surface area contributed by atoms with Crippen LogP contribution >= 0.6 is 0 Å². The Morgan fingerprint density at radius 2 is 2.50 bits per heavy atom. The van der Waals surface area contributed by atoms with Crippen LogP contribution < -0.4 is 0 Å². The van der Waals surface area contributed by atoms with Crippen LogP contribution in [0.2, 0.25) is 0 Å². The van der Waals surface area contributed by atoms with Crippen molar-refractivity contribution in [3.05, 3.63) is 18.0 Å². The number of aliphatic hydroxyl groups is 1. The van der Waals surface area contributed by atoms with Crippen molar-refractivity contribution in [2.24, 2.45) is 7.05 Å². The molecule has 0 bridgehead atoms. The summed E-state index contributed by atoms with van der Waals surface area (Å²) in [7, 11) is 1.77. The van der Waals surface area contributed by atoms with Gasteiger partial charge < -0.3 is 14.7 Å². The number of ether oxygens (including phenoxy) is 1. The number of aryl methyl sites for hydroxylation is 1. The number of rotatable bonds is 1. The highest BCUT2D eigenvalue weighted by Crippen LogP contribution is 2.35. The van der Waals surface area contributed by atoms with Crippen molar-refractivity contribution in [2.75, 3.05) is 19.7 Å². The molecule has 3 heterocycles. The lowest BCUT2D eigenvalue weighted by Crippen LogP contribution is -2.41. The summed E-state index contributed by atoms with van der Waals surface area (Å²) in [4.78, 5) is 13.9. The highest BCUT2D eigenvalue weighted by molar-refractivity contribution is 5.94. The van der Waals surface area contributed by atoms with E-state index in [4.69, 9.17) is 4.74 Å². The minimum Gasteiger partial charge on any atom is -0.388 e. The van der Waals surface area contributed by atoms with Crippen molar-refractivity contribution in [1.82, 2.24) is 14.7 Å². The van der Waals surface area contributed by atoms with Crippen molar-refractivity contribution in [2.45, 2.75) is 24.5 Å². The molecule has 0 aromatic carbocycles. The molecule has 0 radical (unpaired) electrons. The highest BCUT2D eigenvalue weighted by atomic mass is 16.5. The van der Waals surface area contributed by atoms with Gasteiger partial charge in [-0.1, -0.05) is 0 Å². The van der Waals surface area contributed by atoms with E-state index in [0.717, 1.165) is 12.8 Å². The van der Waals surface area contributed by atoms with Crippen LogP contribution in [0.4, 0.5) is 0 Å². The third-order valence-electron chi connectivity index (χ3n) is 3.83. The summed E-state index contributed by atoms with van der Waals surface area (Å²) in [6.07, 6.45) is 4.43. The molecule has 1 aromatic heterocycles. The fourth-order valence-electron chi connectivity index (χ4n) is 2.84. The van der Waals surface area contributed by atoms with Gasteiger partial charge in [-0.25, -0.2) is 0 Å². The zero-order valence-corrected chi connectivity index (χ0v) is 10.4. The summed E-state index contributed by atoms with van der Waals surface area (Å²) >= 11 is 0. The molecule has 6 heteroatoms. The van der Waals surface area contributed by atoms with E-state index < -0.39 is 11.7 Å². The lowest BCUT2D eigenvalue weighted by molar-refractivity contribution is -0.0590. The zero-order chi connectivity index (χ0) is 12.8. The van der Waals surface area contributed by atoms with E-state index in [-0.39, 0.29) is 5.91 Å². The van der Waals surface area contributed by atoms with Crippen LogP contribution in [-0.4, -0.2) is 57.1 Å². The lowest BCUT2D eigenvalue weighted by atomic mass is 9.97. The van der Waals surface area contributed by atoms with Gasteiger partial charge in [0.25, 0.3) is 5.91 Å². The number of β-amino-alcohol motifs (C(OH)–C–C–N with tert-alkyl or cyclic N) is 1. The van der Waals surface area contributed by atoms with Crippen LogP contribution in [0.15, 0.2) is 12.4 Å². The molecular weight excluding hydrogens is 234 g/mol. The quantitative estimate of drug-likeness (QED) is 0.749. The topological polar surface area (TPSA) is 67.6 Å². The molecule has 98 valence electrons. The molecule has 2 atom stereocenters. The zero-order valence-electron chi connectivity index (χ0n) is 10.4. The van der Waals surface area contributed by atoms with Crippen LogP contribution in [0.3, 0.4) is 0 Å². The number of amides is 1. The average Bonchev–Trinajstić information content (AvgIpc) is 3.03. The van der Waals surface area contributed by atoms with Crippen molar-refractivity contribution in [3.63, 3.8) is 0 Å². The largest absolute Gasteiger partial charge is 0.388 e. The Hall–Kier alpha value is -1.40. The summed E-state index contributed by atoms with van der Waals surface area (Å²) in [6.45, 7) is 1.49. The molecule has 1 amide bonds. The van der Waals surface area contributed by atoms with E-state index in [0.29, 0.717) is 25.3 Å². The Morgan fingerprint density at radius 3 is 3.11 bits per heavy atom. The average molecular weight is 251 g/mol. The van der Waals surface area contributed by atoms with Crippen molar-refractivity contribution >= 4 is 5.91 Å². The Bertz CT molecular complexity index is 465. The van der Waals surface area contributed by atoms with E-state index >= 15 is 0 Å². The number of carbonyl (C=O) groups is 1. The Labute approximate surface area is 105 Å². The van der Waals surface area contributed by atoms with Crippen LogP contribution in [0.5, 0.6) is 0 Å². The first-order valence-corrected chi connectivity index (χ1v) is 6.21. The molecule has 0 unspecified atom stereocenters. The summed E-state index contributed by atoms with van der Waals surface area (Å²) in [5.74, 6) is -0.0884. The number of hydrogen-bond donors (Lipinski definition) is 1. The summed E-state index contributed by atoms with van der Waals surface area (Å²) in [6, 6.07) is 0. The van der Waals surface area contributed by atoms with E-state index in [1.165, 1.54) is 0 Å². The molecule has 0 saturated carbocycles. The SMILES string of the molecule is Cn1cc(C(=O)N2C[C@H](O)[C@]3(CCCO3)C2)cn1. The third kappa shape index (κ3) is 1.72. The molecule has 2 aliphatic heterocycles. The fraction of sp³-hybridized carbons (Fsp3) is 0.667. The van der Waals surface area contributed by atoms with Gasteiger partial charge in [0.15, 0.2) is 0 Å². The molecular formula is C12H17N3O3. The van der Waals surface area contributed by atoms with Gasteiger partial charge in [-0.05, 0) is 12.8 Å². The first-order valence-electron chi connectivity index (χ1n) is 6.21. The van der Waals surface area contributed by atoms with Gasteiger partial charge in [0.2, 0.25) is 0 Å². The maximum absolute atomic E-state index is 12.3. The number of aromatic nitrogens is 2. The van der Waals surface area contributed by atoms with E-state index in [9.17, 15) is 9.90 Å². The predicted molar refractivity (Wildman–Crippen MR) is 63.0 cm³/mol. The molecule has 18 heavy (non-hydrogen) atoms. The summed E-state index contributed by atoms with van der Waals surface area (Å²) in [5.41, 5.74) is 0.0254. The molecule has 1 spiro atoms. The van der Waals surface area contributed by atoms with Gasteiger partial charge in [-0.2, -0.15) is 5.10 Å². The maximum atomic E-state index is 12.3. The van der Waals surface area contributed by atoms with Crippen LogP contribution in [0.1, 0.15) is 23.2 Å². The number of aliphatic hydroxyl groups excluding tert-OH is 1. The number of nitrogens with zero attached hydrogens (tertiary/aromatic N) is 3. The summed E-state index contributed by atoms with van der Waals surface area (Å²) in [5, 5.41) is 14.1. The second-order valence-corrected chi connectivity index (χ2v) is 5.12. The molecule has 3 rings (SSSR count). The molecule has 2 fully saturated rings. The number of likely N-dealkylation sites (tertiary alicyclic amines) is 1. The second kappa shape index (κ2) is 4.07. The molecule has 1 aromatic rings. The standard InChI is InChI=1S/C12H17N3O3/c1-14-6-9(5-13-14)11(17)15-7-10(16)12(8-15)3-2-4-18-12/h5-6,10,16H,2-4,7-8H2,1H3/t10-,12-/m0/s1. The molecule has 1 N–H and O–H groups in total. The van der Waals surface area contributed by atoms with Gasteiger partial charge in [0.05, 0.1) is 18.3 Å². The summed E-state index contributed by atoms with van der Waals surface area (Å²) < 4.78 is 7.27. The highest BCUT2D eigenvalue weighted by Gasteiger charge is 2.50. The predicted octanol–water partition coefficient (Wildman–Crippen LogP) is -0.214. The maximum Gasteiger partial charge on any atom is 0.257 e. The van der Waals surface area contributed by atoms with E-state index in [1.54, 1.807) is 29.0 Å². The first-order chi connectivity index (χ1) is 8.61. The van der Waals surface area contributed by atoms with Crippen LogP contribution in [0.25, 0.3) is 0 Å². The van der Waals surface area contributed by atoms with Gasteiger partial charge in [0, 0.05) is 26.4 Å². The van der Waals surface area contributed by atoms with E-state index in [2.05, 4.69) is 5.10 Å². The first kappa shape index (κ1) is 11.7. The van der Waals surface area contributed by atoms with Crippen LogP contribution in [0, 0.1) is 0 Å². The van der Waals surface area contributed by atoms with Crippen LogP contribution in [-0.2, 0) is 11.8 Å². The van der Waals surface area contributed by atoms with Gasteiger partial charge >= 0.3 is 0 Å². The van der Waals surface area contributed by atoms with Gasteiger partial charge in [-0.15, -0.1) is 0 Å². The van der Waals surface area contributed by atoms with Crippen molar-refractivity contribution in [1.29, 1.82) is 0 Å². The van der Waals surface area contributed by atoms with Crippen molar-refractivity contribution in [3.8, 4) is 0 Å². The Kier molecular flexibility index (Phi) is 2.64. The fourth-order valence-corrected chi connectivity index (χ4v) is 2.84. The minimum atomic E-state index is -0.583. The molecule has 0 aliphatic carbocycles. The van der Waals surface area contributed by atoms with Gasteiger partial charge in [0.1, 0.15) is 11.7 Å². The third-order valence-corrected chi connectivity index (χ3v) is 3.83. The lowest BCUT2D eigenvalue weighted by Gasteiger charge is -2.25. The minimum absolute atomic E-state index is 0.0884. The normalized spacial score (nSPS) is 31.4. The number of hydrogen-bond acceptors (Lipinski definition) is 4. The molecule has 2 saturated heterocycles. The Balaban J connectivity index is 1.77. The Morgan fingerprint density at radius 1 is 1.67 bits per heavy atom. The molecule has 6 nitrogen and oxygen atoms in total. The number of carbonyl (C=O) groups excluding carboxylic acids is 1. The van der Waals surface area contributed by atoms with Gasteiger partial charge in [-0.3, -0.25) is 9.48 Å². The second-order valence-electron chi connectivity index (χ2n) is 5.12.